The van der Waals surface area contributed by atoms with E-state index in [4.69, 9.17) is 11.6 Å². The van der Waals surface area contributed by atoms with Crippen LogP contribution in [0, 0.1) is 13.8 Å². The second-order valence-electron chi connectivity index (χ2n) is 3.51. The van der Waals surface area contributed by atoms with Gasteiger partial charge < -0.3 is 0 Å². The van der Waals surface area contributed by atoms with Gasteiger partial charge in [0.1, 0.15) is 0 Å². The lowest BCUT2D eigenvalue weighted by molar-refractivity contribution is 0.104. The molecule has 0 fully saturated rings. The second kappa shape index (κ2) is 4.36. The first-order chi connectivity index (χ1) is 7.59. The Kier molecular flexibility index (Phi) is 3.08. The van der Waals surface area contributed by atoms with Crippen LogP contribution in [0.4, 0.5) is 0 Å². The third kappa shape index (κ3) is 2.01. The molecule has 0 aromatic carbocycles. The molecule has 0 unspecified atom stereocenters. The van der Waals surface area contributed by atoms with Crippen molar-refractivity contribution in [1.82, 2.24) is 4.98 Å². The van der Waals surface area contributed by atoms with Crippen LogP contribution >= 0.6 is 22.9 Å². The average molecular weight is 252 g/mol. The highest BCUT2D eigenvalue weighted by molar-refractivity contribution is 7.12. The largest absolute Gasteiger partial charge is 0.288 e. The lowest BCUT2D eigenvalue weighted by atomic mass is 10.1. The fourth-order valence-corrected chi connectivity index (χ4v) is 2.64. The van der Waals surface area contributed by atoms with Gasteiger partial charge in [-0.1, -0.05) is 17.7 Å². The Balaban J connectivity index is 2.53. The van der Waals surface area contributed by atoms with Crippen molar-refractivity contribution in [1.29, 1.82) is 0 Å². The van der Waals surface area contributed by atoms with E-state index < -0.39 is 0 Å². The first kappa shape index (κ1) is 11.3. The monoisotopic (exact) mass is 251 g/mol. The van der Waals surface area contributed by atoms with Crippen LogP contribution in [0.15, 0.2) is 23.6 Å². The fraction of sp³-hybridized carbons (Fsp3) is 0.167. The summed E-state index contributed by atoms with van der Waals surface area (Å²) in [5, 5.41) is 2.35. The molecule has 0 spiro atoms. The molecule has 0 aliphatic rings. The predicted octanol–water partition coefficient (Wildman–Crippen LogP) is 3.64. The molecule has 2 nitrogen and oxygen atoms in total. The number of thiophene rings is 1. The van der Waals surface area contributed by atoms with Crippen LogP contribution in [-0.2, 0) is 0 Å². The SMILES string of the molecule is Cc1cc(Cl)c(C(=O)c2cccs2)c(C)n1. The van der Waals surface area contributed by atoms with E-state index in [1.54, 1.807) is 19.1 Å². The zero-order valence-corrected chi connectivity index (χ0v) is 10.5. The molecule has 0 aliphatic heterocycles. The Morgan fingerprint density at radius 3 is 2.75 bits per heavy atom. The van der Waals surface area contributed by atoms with E-state index in [9.17, 15) is 4.79 Å². The Morgan fingerprint density at radius 1 is 1.44 bits per heavy atom. The quantitative estimate of drug-likeness (QED) is 0.763. The van der Waals surface area contributed by atoms with E-state index in [1.807, 2.05) is 18.4 Å². The number of rotatable bonds is 2. The number of halogens is 1. The summed E-state index contributed by atoms with van der Waals surface area (Å²) in [7, 11) is 0. The molecule has 2 aromatic heterocycles. The molecule has 0 aliphatic carbocycles. The number of aryl methyl sites for hydroxylation is 2. The molecule has 0 saturated heterocycles. The maximum Gasteiger partial charge on any atom is 0.206 e. The lowest BCUT2D eigenvalue weighted by Gasteiger charge is -2.06. The molecule has 16 heavy (non-hydrogen) atoms. The van der Waals surface area contributed by atoms with Gasteiger partial charge in [-0.25, -0.2) is 0 Å². The number of ketones is 1. The van der Waals surface area contributed by atoms with Crippen LogP contribution in [0.3, 0.4) is 0 Å². The fourth-order valence-electron chi connectivity index (χ4n) is 1.58. The summed E-state index contributed by atoms with van der Waals surface area (Å²) < 4.78 is 0. The first-order valence-electron chi connectivity index (χ1n) is 4.81. The van der Waals surface area contributed by atoms with Crippen LogP contribution in [0.5, 0.6) is 0 Å². The Bertz CT molecular complexity index is 511. The summed E-state index contributed by atoms with van der Waals surface area (Å²) >= 11 is 7.50. The molecule has 0 radical (unpaired) electrons. The molecule has 0 bridgehead atoms. The Labute approximate surface area is 103 Å². The summed E-state index contributed by atoms with van der Waals surface area (Å²) in [5.41, 5.74) is 2.02. The maximum absolute atomic E-state index is 12.1. The van der Waals surface area contributed by atoms with Crippen LogP contribution in [0.2, 0.25) is 5.02 Å². The summed E-state index contributed by atoms with van der Waals surface area (Å²) in [5.74, 6) is -0.0509. The van der Waals surface area contributed by atoms with Crippen molar-refractivity contribution in [2.24, 2.45) is 0 Å². The molecule has 0 saturated carbocycles. The van der Waals surface area contributed by atoms with Gasteiger partial charge in [-0.2, -0.15) is 0 Å². The summed E-state index contributed by atoms with van der Waals surface area (Å²) in [6, 6.07) is 5.36. The van der Waals surface area contributed by atoms with Crippen LogP contribution in [0.25, 0.3) is 0 Å². The molecule has 82 valence electrons. The average Bonchev–Trinajstić information content (AvgIpc) is 2.67. The van der Waals surface area contributed by atoms with Crippen LogP contribution in [0.1, 0.15) is 26.6 Å². The standard InChI is InChI=1S/C12H10ClNOS/c1-7-6-9(13)11(8(2)14-7)12(15)10-4-3-5-16-10/h3-6H,1-2H3. The molecular formula is C12H10ClNOS. The summed E-state index contributed by atoms with van der Waals surface area (Å²) in [6.07, 6.45) is 0. The number of carbonyl (C=O) groups excluding carboxylic acids is 1. The van der Waals surface area contributed by atoms with Gasteiger partial charge in [0.05, 0.1) is 21.2 Å². The lowest BCUT2D eigenvalue weighted by Crippen LogP contribution is -2.05. The number of carbonyl (C=O) groups is 1. The number of aromatic nitrogens is 1. The van der Waals surface area contributed by atoms with Gasteiger partial charge >= 0.3 is 0 Å². The molecule has 2 aromatic rings. The predicted molar refractivity (Wildman–Crippen MR) is 66.5 cm³/mol. The number of hydrogen-bond acceptors (Lipinski definition) is 3. The van der Waals surface area contributed by atoms with Gasteiger partial charge in [0, 0.05) is 5.69 Å². The van der Waals surface area contributed by atoms with Crippen molar-refractivity contribution in [3.8, 4) is 0 Å². The van der Waals surface area contributed by atoms with E-state index in [1.165, 1.54) is 11.3 Å². The van der Waals surface area contributed by atoms with Crippen molar-refractivity contribution in [2.45, 2.75) is 13.8 Å². The molecule has 2 rings (SSSR count). The van der Waals surface area contributed by atoms with Crippen molar-refractivity contribution in [3.63, 3.8) is 0 Å². The zero-order valence-electron chi connectivity index (χ0n) is 8.95. The van der Waals surface area contributed by atoms with E-state index in [2.05, 4.69) is 4.98 Å². The van der Waals surface area contributed by atoms with Crippen molar-refractivity contribution in [2.75, 3.05) is 0 Å². The molecule has 4 heteroatoms. The number of nitrogens with zero attached hydrogens (tertiary/aromatic N) is 1. The minimum atomic E-state index is -0.0509. The molecule has 2 heterocycles. The molecule has 0 N–H and O–H groups in total. The van der Waals surface area contributed by atoms with E-state index >= 15 is 0 Å². The van der Waals surface area contributed by atoms with Gasteiger partial charge in [-0.3, -0.25) is 9.78 Å². The van der Waals surface area contributed by atoms with E-state index in [-0.39, 0.29) is 5.78 Å². The van der Waals surface area contributed by atoms with Crippen LogP contribution in [-0.4, -0.2) is 10.8 Å². The summed E-state index contributed by atoms with van der Waals surface area (Å²) in [6.45, 7) is 3.66. The Hall–Kier alpha value is -1.19. The van der Waals surface area contributed by atoms with Gasteiger partial charge in [-0.05, 0) is 31.4 Å². The summed E-state index contributed by atoms with van der Waals surface area (Å²) in [4.78, 5) is 17.1. The topological polar surface area (TPSA) is 30.0 Å². The van der Waals surface area contributed by atoms with Crippen molar-refractivity contribution < 1.29 is 4.79 Å². The highest BCUT2D eigenvalue weighted by atomic mass is 35.5. The molecule has 0 atom stereocenters. The number of pyridine rings is 1. The van der Waals surface area contributed by atoms with E-state index in [0.29, 0.717) is 21.2 Å². The highest BCUT2D eigenvalue weighted by Gasteiger charge is 2.17. The van der Waals surface area contributed by atoms with Gasteiger partial charge in [0.15, 0.2) is 0 Å². The van der Waals surface area contributed by atoms with Gasteiger partial charge in [-0.15, -0.1) is 11.3 Å². The Morgan fingerprint density at radius 2 is 2.19 bits per heavy atom. The molecule has 0 amide bonds. The zero-order chi connectivity index (χ0) is 11.7. The van der Waals surface area contributed by atoms with Crippen molar-refractivity contribution in [3.05, 3.63) is 50.4 Å². The first-order valence-corrected chi connectivity index (χ1v) is 6.07. The van der Waals surface area contributed by atoms with Crippen LogP contribution < -0.4 is 0 Å². The highest BCUT2D eigenvalue weighted by Crippen LogP contribution is 2.24. The van der Waals surface area contributed by atoms with Gasteiger partial charge in [0.25, 0.3) is 0 Å². The normalized spacial score (nSPS) is 10.4. The molecular weight excluding hydrogens is 242 g/mol. The van der Waals surface area contributed by atoms with Crippen molar-refractivity contribution >= 4 is 28.7 Å². The minimum absolute atomic E-state index is 0.0509. The number of hydrogen-bond donors (Lipinski definition) is 0. The minimum Gasteiger partial charge on any atom is -0.288 e. The second-order valence-corrected chi connectivity index (χ2v) is 4.87. The third-order valence-electron chi connectivity index (χ3n) is 2.25. The third-order valence-corrected chi connectivity index (χ3v) is 3.42. The van der Waals surface area contributed by atoms with E-state index in [0.717, 1.165) is 5.69 Å². The smallest absolute Gasteiger partial charge is 0.206 e. The maximum atomic E-state index is 12.1. The van der Waals surface area contributed by atoms with Gasteiger partial charge in [0.2, 0.25) is 5.78 Å².